The zero-order valence-corrected chi connectivity index (χ0v) is 8.95. The topological polar surface area (TPSA) is 64.6 Å². The molecule has 0 saturated carbocycles. The minimum atomic E-state index is -0.460. The van der Waals surface area contributed by atoms with Crippen LogP contribution in [0.4, 0.5) is 4.79 Å². The molecule has 1 fully saturated rings. The van der Waals surface area contributed by atoms with Crippen LogP contribution < -0.4 is 10.6 Å². The third-order valence-electron chi connectivity index (χ3n) is 2.38. The number of aliphatic hydroxyl groups is 1. The molecule has 0 aromatic rings. The van der Waals surface area contributed by atoms with E-state index in [-0.39, 0.29) is 18.1 Å². The summed E-state index contributed by atoms with van der Waals surface area (Å²) in [4.78, 5) is 13.1. The molecule has 82 valence electrons. The molecule has 1 aliphatic rings. The first-order valence-electron chi connectivity index (χ1n) is 4.94. The lowest BCUT2D eigenvalue weighted by Gasteiger charge is -2.27. The summed E-state index contributed by atoms with van der Waals surface area (Å²) in [5.74, 6) is 0. The van der Waals surface area contributed by atoms with Gasteiger partial charge in [0.05, 0.1) is 12.1 Å². The Morgan fingerprint density at radius 1 is 1.57 bits per heavy atom. The Kier molecular flexibility index (Phi) is 3.71. The second-order valence-corrected chi connectivity index (χ2v) is 4.01. The van der Waals surface area contributed by atoms with Crippen LogP contribution in [0.1, 0.15) is 13.8 Å². The zero-order chi connectivity index (χ0) is 10.7. The van der Waals surface area contributed by atoms with Crippen molar-refractivity contribution < 1.29 is 9.90 Å². The average Bonchev–Trinajstić information content (AvgIpc) is 2.48. The number of β-amino-alcohol motifs (C(OH)–C–C–N with tert-alkyl or cyclic N) is 1. The maximum atomic E-state index is 11.6. The van der Waals surface area contributed by atoms with Gasteiger partial charge in [-0.3, -0.25) is 0 Å². The first-order valence-corrected chi connectivity index (χ1v) is 4.94. The van der Waals surface area contributed by atoms with Crippen molar-refractivity contribution in [2.24, 2.45) is 0 Å². The van der Waals surface area contributed by atoms with E-state index in [1.807, 2.05) is 13.8 Å². The van der Waals surface area contributed by atoms with Gasteiger partial charge in [0.15, 0.2) is 0 Å². The molecule has 1 heterocycles. The highest BCUT2D eigenvalue weighted by atomic mass is 16.3. The highest BCUT2D eigenvalue weighted by Crippen LogP contribution is 2.07. The monoisotopic (exact) mass is 201 g/mol. The molecule has 3 N–H and O–H groups in total. The Morgan fingerprint density at radius 2 is 2.21 bits per heavy atom. The predicted molar refractivity (Wildman–Crippen MR) is 54.1 cm³/mol. The molecule has 2 atom stereocenters. The number of urea groups is 1. The number of aliphatic hydroxyl groups excluding tert-OH is 1. The van der Waals surface area contributed by atoms with Crippen molar-refractivity contribution in [3.8, 4) is 0 Å². The Bertz CT molecular complexity index is 208. The first kappa shape index (κ1) is 11.3. The molecule has 1 saturated heterocycles. The number of nitrogens with zero attached hydrogens (tertiary/aromatic N) is 1. The summed E-state index contributed by atoms with van der Waals surface area (Å²) in [5, 5.41) is 15.4. The van der Waals surface area contributed by atoms with Crippen molar-refractivity contribution in [1.82, 2.24) is 15.5 Å². The summed E-state index contributed by atoms with van der Waals surface area (Å²) in [6, 6.07) is -0.127. The number of rotatable bonds is 2. The predicted octanol–water partition coefficient (Wildman–Crippen LogP) is -0.631. The van der Waals surface area contributed by atoms with Crippen molar-refractivity contribution in [3.63, 3.8) is 0 Å². The number of likely N-dealkylation sites (N-methyl/N-ethyl adjacent to an activating group) is 1. The van der Waals surface area contributed by atoms with E-state index in [0.717, 1.165) is 0 Å². The summed E-state index contributed by atoms with van der Waals surface area (Å²) in [5.41, 5.74) is 0. The molecule has 1 rings (SSSR count). The van der Waals surface area contributed by atoms with Crippen molar-refractivity contribution in [1.29, 1.82) is 0 Å². The van der Waals surface area contributed by atoms with Gasteiger partial charge in [-0.2, -0.15) is 0 Å². The van der Waals surface area contributed by atoms with E-state index >= 15 is 0 Å². The van der Waals surface area contributed by atoms with Crippen LogP contribution >= 0.6 is 0 Å². The fourth-order valence-corrected chi connectivity index (χ4v) is 1.55. The number of hydrogen-bond acceptors (Lipinski definition) is 3. The Labute approximate surface area is 84.5 Å². The van der Waals surface area contributed by atoms with Crippen molar-refractivity contribution >= 4 is 6.03 Å². The second kappa shape index (κ2) is 4.61. The van der Waals surface area contributed by atoms with Gasteiger partial charge in [0.25, 0.3) is 0 Å². The summed E-state index contributed by atoms with van der Waals surface area (Å²) >= 11 is 0. The van der Waals surface area contributed by atoms with Crippen molar-refractivity contribution in [2.45, 2.75) is 32.0 Å². The third-order valence-corrected chi connectivity index (χ3v) is 2.38. The highest BCUT2D eigenvalue weighted by molar-refractivity contribution is 5.74. The van der Waals surface area contributed by atoms with E-state index < -0.39 is 6.10 Å². The molecule has 5 nitrogen and oxygen atoms in total. The van der Waals surface area contributed by atoms with Crippen molar-refractivity contribution in [2.75, 3.05) is 20.1 Å². The molecule has 0 spiro atoms. The minimum absolute atomic E-state index is 0.117. The van der Waals surface area contributed by atoms with E-state index in [0.29, 0.717) is 13.1 Å². The molecule has 0 bridgehead atoms. The highest BCUT2D eigenvalue weighted by Gasteiger charge is 2.31. The number of carbonyl (C=O) groups excluding carboxylic acids is 1. The largest absolute Gasteiger partial charge is 0.390 e. The van der Waals surface area contributed by atoms with Gasteiger partial charge in [-0.1, -0.05) is 0 Å². The van der Waals surface area contributed by atoms with Gasteiger partial charge in [-0.15, -0.1) is 0 Å². The standard InChI is InChI=1S/C9H19N3O2/c1-6(2)11-9(14)12(3)7-4-10-5-8(7)13/h6-8,10,13H,4-5H2,1-3H3,(H,11,14)/t7-,8-/m1/s1. The maximum absolute atomic E-state index is 11.6. The Balaban J connectivity index is 2.47. The van der Waals surface area contributed by atoms with Gasteiger partial charge in [-0.25, -0.2) is 4.79 Å². The van der Waals surface area contributed by atoms with Gasteiger partial charge in [0.2, 0.25) is 0 Å². The smallest absolute Gasteiger partial charge is 0.317 e. The van der Waals surface area contributed by atoms with E-state index in [1.165, 1.54) is 0 Å². The number of nitrogens with one attached hydrogen (secondary N) is 2. The zero-order valence-electron chi connectivity index (χ0n) is 8.95. The van der Waals surface area contributed by atoms with Crippen LogP contribution in [-0.2, 0) is 0 Å². The molecule has 1 aliphatic heterocycles. The number of carbonyl (C=O) groups is 1. The molecule has 2 amide bonds. The quantitative estimate of drug-likeness (QED) is 0.557. The van der Waals surface area contributed by atoms with Crippen LogP contribution in [0.3, 0.4) is 0 Å². The molecular formula is C9H19N3O2. The SMILES string of the molecule is CC(C)NC(=O)N(C)[C@@H]1CNC[C@H]1O. The molecule has 14 heavy (non-hydrogen) atoms. The van der Waals surface area contributed by atoms with Gasteiger partial charge in [0, 0.05) is 26.2 Å². The van der Waals surface area contributed by atoms with Gasteiger partial charge >= 0.3 is 6.03 Å². The average molecular weight is 201 g/mol. The van der Waals surface area contributed by atoms with Gasteiger partial charge < -0.3 is 20.6 Å². The molecule has 0 unspecified atom stereocenters. The lowest BCUT2D eigenvalue weighted by atomic mass is 10.2. The third kappa shape index (κ3) is 2.59. The van der Waals surface area contributed by atoms with Crippen molar-refractivity contribution in [3.05, 3.63) is 0 Å². The van der Waals surface area contributed by atoms with Crippen LogP contribution in [-0.4, -0.2) is 54.4 Å². The van der Waals surface area contributed by atoms with Crippen LogP contribution in [0.15, 0.2) is 0 Å². The van der Waals surface area contributed by atoms with E-state index in [4.69, 9.17) is 0 Å². The molecule has 0 aromatic carbocycles. The minimum Gasteiger partial charge on any atom is -0.390 e. The summed E-state index contributed by atoms with van der Waals surface area (Å²) in [6.45, 7) is 5.04. The van der Waals surface area contributed by atoms with Crippen LogP contribution in [0, 0.1) is 0 Å². The van der Waals surface area contributed by atoms with Crippen LogP contribution in [0.2, 0.25) is 0 Å². The van der Waals surface area contributed by atoms with Crippen LogP contribution in [0.25, 0.3) is 0 Å². The maximum Gasteiger partial charge on any atom is 0.317 e. The fourth-order valence-electron chi connectivity index (χ4n) is 1.55. The normalized spacial score (nSPS) is 26.6. The molecular weight excluding hydrogens is 182 g/mol. The lowest BCUT2D eigenvalue weighted by molar-refractivity contribution is 0.109. The Hall–Kier alpha value is -0.810. The summed E-state index contributed by atoms with van der Waals surface area (Å²) in [7, 11) is 1.71. The van der Waals surface area contributed by atoms with E-state index in [9.17, 15) is 9.90 Å². The molecule has 0 aliphatic carbocycles. The molecule has 5 heteroatoms. The fraction of sp³-hybridized carbons (Fsp3) is 0.889. The Morgan fingerprint density at radius 3 is 2.64 bits per heavy atom. The van der Waals surface area contributed by atoms with E-state index in [2.05, 4.69) is 10.6 Å². The molecule has 0 aromatic heterocycles. The van der Waals surface area contributed by atoms with Crippen LogP contribution in [0.5, 0.6) is 0 Å². The second-order valence-electron chi connectivity index (χ2n) is 4.01. The van der Waals surface area contributed by atoms with Gasteiger partial charge in [0.1, 0.15) is 0 Å². The molecule has 0 radical (unpaired) electrons. The van der Waals surface area contributed by atoms with E-state index in [1.54, 1.807) is 11.9 Å². The number of hydrogen-bond donors (Lipinski definition) is 3. The first-order chi connectivity index (χ1) is 6.52. The number of amides is 2. The van der Waals surface area contributed by atoms with Gasteiger partial charge in [-0.05, 0) is 13.8 Å². The summed E-state index contributed by atoms with van der Waals surface area (Å²) < 4.78 is 0. The lowest BCUT2D eigenvalue weighted by Crippen LogP contribution is -2.50. The summed E-state index contributed by atoms with van der Waals surface area (Å²) in [6.07, 6.45) is -0.460.